The van der Waals surface area contributed by atoms with Gasteiger partial charge in [-0.15, -0.1) is 0 Å². The number of aliphatic carboxylic acids is 1. The molecule has 1 saturated carbocycles. The quantitative estimate of drug-likeness (QED) is 0.799. The van der Waals surface area contributed by atoms with Gasteiger partial charge in [-0.1, -0.05) is 0 Å². The summed E-state index contributed by atoms with van der Waals surface area (Å²) in [5, 5.41) is 12.0. The summed E-state index contributed by atoms with van der Waals surface area (Å²) in [6.07, 6.45) is 2.18. The third-order valence-electron chi connectivity index (χ3n) is 4.97. The minimum Gasteiger partial charge on any atom is -0.480 e. The fourth-order valence-electron chi connectivity index (χ4n) is 3.99. The first-order chi connectivity index (χ1) is 10.7. The highest BCUT2D eigenvalue weighted by atomic mass is 16.6. The Labute approximate surface area is 135 Å². The second-order valence-corrected chi connectivity index (χ2v) is 7.84. The van der Waals surface area contributed by atoms with Crippen LogP contribution >= 0.6 is 0 Å². The molecule has 0 bridgehead atoms. The second kappa shape index (κ2) is 5.39. The average molecular weight is 324 g/mol. The molecule has 5 atom stereocenters. The number of nitrogens with zero attached hydrogens (tertiary/aromatic N) is 1. The fraction of sp³-hybridized carbons (Fsp3) is 0.812. The number of amides is 2. The van der Waals surface area contributed by atoms with Gasteiger partial charge in [0.05, 0.1) is 0 Å². The molecule has 3 rings (SSSR count). The normalized spacial score (nSPS) is 35.9. The van der Waals surface area contributed by atoms with Crippen molar-refractivity contribution in [1.82, 2.24) is 10.2 Å². The number of fused-ring (bicyclic) bond motifs is 3. The zero-order valence-corrected chi connectivity index (χ0v) is 13.7. The van der Waals surface area contributed by atoms with E-state index in [1.165, 1.54) is 4.90 Å². The van der Waals surface area contributed by atoms with Crippen molar-refractivity contribution >= 4 is 18.0 Å². The van der Waals surface area contributed by atoms with Crippen molar-refractivity contribution in [3.8, 4) is 0 Å². The predicted molar refractivity (Wildman–Crippen MR) is 80.7 cm³/mol. The van der Waals surface area contributed by atoms with Crippen LogP contribution in [0.15, 0.2) is 0 Å². The molecule has 23 heavy (non-hydrogen) atoms. The van der Waals surface area contributed by atoms with E-state index in [2.05, 4.69) is 5.32 Å². The summed E-state index contributed by atoms with van der Waals surface area (Å²) in [5.74, 6) is -0.468. The van der Waals surface area contributed by atoms with E-state index >= 15 is 0 Å². The smallest absolute Gasteiger partial charge is 0.408 e. The van der Waals surface area contributed by atoms with Crippen molar-refractivity contribution in [2.24, 2.45) is 11.8 Å². The predicted octanol–water partition coefficient (Wildman–Crippen LogP) is 1.36. The third-order valence-corrected chi connectivity index (χ3v) is 4.97. The lowest BCUT2D eigenvalue weighted by atomic mass is 10.1. The Morgan fingerprint density at radius 3 is 2.57 bits per heavy atom. The molecule has 0 aromatic heterocycles. The Hall–Kier alpha value is -1.79. The summed E-state index contributed by atoms with van der Waals surface area (Å²) in [4.78, 5) is 37.8. The number of alkyl carbamates (subject to hydrolysis) is 1. The third kappa shape index (κ3) is 3.14. The van der Waals surface area contributed by atoms with Crippen LogP contribution in [0.25, 0.3) is 0 Å². The summed E-state index contributed by atoms with van der Waals surface area (Å²) in [6.45, 7) is 5.28. The Bertz CT molecular complexity index is 541. The molecule has 7 nitrogen and oxygen atoms in total. The molecular weight excluding hydrogens is 300 g/mol. The van der Waals surface area contributed by atoms with E-state index in [0.717, 1.165) is 12.8 Å². The van der Waals surface area contributed by atoms with Gasteiger partial charge in [-0.05, 0) is 58.3 Å². The Balaban J connectivity index is 1.75. The van der Waals surface area contributed by atoms with Gasteiger partial charge in [-0.3, -0.25) is 4.79 Å². The van der Waals surface area contributed by atoms with Crippen molar-refractivity contribution in [3.63, 3.8) is 0 Å². The summed E-state index contributed by atoms with van der Waals surface area (Å²) in [6, 6.07) is -1.45. The van der Waals surface area contributed by atoms with Crippen LogP contribution in [0.2, 0.25) is 0 Å². The number of carboxylic acids is 1. The van der Waals surface area contributed by atoms with E-state index in [-0.39, 0.29) is 11.9 Å². The maximum atomic E-state index is 12.8. The number of nitrogens with one attached hydrogen (secondary N) is 1. The summed E-state index contributed by atoms with van der Waals surface area (Å²) < 4.78 is 5.23. The molecule has 2 aliphatic heterocycles. The van der Waals surface area contributed by atoms with E-state index in [1.54, 1.807) is 20.8 Å². The zero-order valence-electron chi connectivity index (χ0n) is 13.7. The number of carboxylic acid groups (broad SMARTS) is 1. The van der Waals surface area contributed by atoms with Crippen LogP contribution in [0.1, 0.15) is 46.5 Å². The van der Waals surface area contributed by atoms with Crippen molar-refractivity contribution in [1.29, 1.82) is 0 Å². The highest BCUT2D eigenvalue weighted by Gasteiger charge is 2.56. The van der Waals surface area contributed by atoms with Gasteiger partial charge < -0.3 is 20.1 Å². The number of carbonyl (C=O) groups is 3. The van der Waals surface area contributed by atoms with Crippen LogP contribution in [-0.4, -0.2) is 51.7 Å². The molecule has 0 aromatic carbocycles. The first-order valence-corrected chi connectivity index (χ1v) is 8.22. The van der Waals surface area contributed by atoms with E-state index < -0.39 is 29.7 Å². The largest absolute Gasteiger partial charge is 0.480 e. The van der Waals surface area contributed by atoms with Gasteiger partial charge in [-0.2, -0.15) is 0 Å². The van der Waals surface area contributed by atoms with Crippen molar-refractivity contribution < 1.29 is 24.2 Å². The molecule has 2 heterocycles. The van der Waals surface area contributed by atoms with Crippen molar-refractivity contribution in [2.75, 3.05) is 0 Å². The van der Waals surface area contributed by atoms with Crippen LogP contribution in [0.3, 0.4) is 0 Å². The van der Waals surface area contributed by atoms with Crippen LogP contribution in [0, 0.1) is 11.8 Å². The maximum Gasteiger partial charge on any atom is 0.408 e. The molecule has 7 heteroatoms. The lowest BCUT2D eigenvalue weighted by Crippen LogP contribution is -2.54. The number of hydrogen-bond donors (Lipinski definition) is 2. The van der Waals surface area contributed by atoms with Crippen LogP contribution in [0.4, 0.5) is 4.79 Å². The molecule has 3 fully saturated rings. The minimum absolute atomic E-state index is 0.0130. The van der Waals surface area contributed by atoms with Gasteiger partial charge in [-0.25, -0.2) is 9.59 Å². The minimum atomic E-state index is -0.962. The standard InChI is InChI=1S/C16H24N2O5/c1-16(2,3)23-15(22)17-10-7-8-6-9(8)11-4-5-12(14(20)21)18(11)13(10)19/h8-12H,4-7H2,1-3H3,(H,17,22)(H,20,21)/t8-,9-,10+,11-,12+/m1/s1. The second-order valence-electron chi connectivity index (χ2n) is 7.84. The van der Waals surface area contributed by atoms with Gasteiger partial charge >= 0.3 is 12.1 Å². The SMILES string of the molecule is CC(C)(C)OC(=O)N[C@H]1C[C@H]2C[C@H]2[C@H]2CC[C@@H](C(=O)O)N2C1=O. The lowest BCUT2D eigenvalue weighted by Gasteiger charge is -2.30. The first-order valence-electron chi connectivity index (χ1n) is 8.22. The number of hydrogen-bond acceptors (Lipinski definition) is 4. The lowest BCUT2D eigenvalue weighted by molar-refractivity contribution is -0.150. The maximum absolute atomic E-state index is 12.8. The molecule has 0 spiro atoms. The highest BCUT2D eigenvalue weighted by molar-refractivity contribution is 5.90. The van der Waals surface area contributed by atoms with E-state index in [4.69, 9.17) is 4.74 Å². The Morgan fingerprint density at radius 1 is 1.26 bits per heavy atom. The Kier molecular flexibility index (Phi) is 3.77. The number of ether oxygens (including phenoxy) is 1. The highest BCUT2D eigenvalue weighted by Crippen LogP contribution is 2.52. The van der Waals surface area contributed by atoms with Gasteiger partial charge in [0.1, 0.15) is 17.7 Å². The van der Waals surface area contributed by atoms with Crippen LogP contribution < -0.4 is 5.32 Å². The van der Waals surface area contributed by atoms with E-state index in [9.17, 15) is 19.5 Å². The van der Waals surface area contributed by atoms with Crippen molar-refractivity contribution in [3.05, 3.63) is 0 Å². The molecule has 128 valence electrons. The molecule has 0 radical (unpaired) electrons. The van der Waals surface area contributed by atoms with E-state index in [0.29, 0.717) is 24.7 Å². The molecule has 2 saturated heterocycles. The topological polar surface area (TPSA) is 95.9 Å². The number of carbonyl (C=O) groups excluding carboxylic acids is 2. The van der Waals surface area contributed by atoms with Gasteiger partial charge in [0.2, 0.25) is 5.91 Å². The summed E-state index contributed by atoms with van der Waals surface area (Å²) in [5.41, 5.74) is -0.639. The summed E-state index contributed by atoms with van der Waals surface area (Å²) in [7, 11) is 0. The molecular formula is C16H24N2O5. The monoisotopic (exact) mass is 324 g/mol. The molecule has 0 unspecified atom stereocenters. The first kappa shape index (κ1) is 16.1. The molecule has 2 amide bonds. The molecule has 2 N–H and O–H groups in total. The van der Waals surface area contributed by atoms with Crippen LogP contribution in [-0.2, 0) is 14.3 Å². The fourth-order valence-corrected chi connectivity index (χ4v) is 3.99. The van der Waals surface area contributed by atoms with Gasteiger partial charge in [0.15, 0.2) is 0 Å². The van der Waals surface area contributed by atoms with Crippen molar-refractivity contribution in [2.45, 2.75) is 70.2 Å². The van der Waals surface area contributed by atoms with Crippen LogP contribution in [0.5, 0.6) is 0 Å². The summed E-state index contributed by atoms with van der Waals surface area (Å²) >= 11 is 0. The van der Waals surface area contributed by atoms with Gasteiger partial charge in [0, 0.05) is 6.04 Å². The average Bonchev–Trinajstić information content (AvgIpc) is 3.03. The van der Waals surface area contributed by atoms with Gasteiger partial charge in [0.25, 0.3) is 0 Å². The van der Waals surface area contributed by atoms with E-state index in [1.807, 2.05) is 0 Å². The molecule has 0 aromatic rings. The Morgan fingerprint density at radius 2 is 1.96 bits per heavy atom. The molecule has 3 aliphatic rings. The number of rotatable bonds is 2. The zero-order chi connectivity index (χ0) is 16.9. The molecule has 1 aliphatic carbocycles.